The van der Waals surface area contributed by atoms with E-state index in [0.29, 0.717) is 17.1 Å². The third kappa shape index (κ3) is 2.68. The highest BCUT2D eigenvalue weighted by Gasteiger charge is 2.06. The molecule has 0 bridgehead atoms. The van der Waals surface area contributed by atoms with Gasteiger partial charge in [-0.1, -0.05) is 0 Å². The lowest BCUT2D eigenvalue weighted by atomic mass is 10.3. The number of nitriles is 1. The first-order chi connectivity index (χ1) is 8.69. The summed E-state index contributed by atoms with van der Waals surface area (Å²) in [6.45, 7) is 0.111. The molecular weight excluding hydrogens is 228 g/mol. The van der Waals surface area contributed by atoms with Crippen LogP contribution in [0.5, 0.6) is 0 Å². The van der Waals surface area contributed by atoms with Crippen molar-refractivity contribution in [1.82, 2.24) is 4.57 Å². The Hall–Kier alpha value is -2.74. The minimum Gasteiger partial charge on any atom is -0.399 e. The fourth-order valence-electron chi connectivity index (χ4n) is 1.58. The van der Waals surface area contributed by atoms with Crippen LogP contribution in [0.2, 0.25) is 0 Å². The standard InChI is InChI=1S/C13H12N4O/c14-8-12-2-1-7-17(12)9-13(18)16-11-5-3-10(15)4-6-11/h1-7H,9,15H2,(H,16,18). The molecule has 5 nitrogen and oxygen atoms in total. The molecule has 0 radical (unpaired) electrons. The van der Waals surface area contributed by atoms with E-state index in [1.807, 2.05) is 6.07 Å². The van der Waals surface area contributed by atoms with E-state index in [9.17, 15) is 4.79 Å². The number of carbonyl (C=O) groups excluding carboxylic acids is 1. The predicted octanol–water partition coefficient (Wildman–Crippen LogP) is 1.58. The van der Waals surface area contributed by atoms with Crippen LogP contribution >= 0.6 is 0 Å². The highest BCUT2D eigenvalue weighted by Crippen LogP contribution is 2.10. The van der Waals surface area contributed by atoms with Crippen LogP contribution in [0.15, 0.2) is 42.6 Å². The van der Waals surface area contributed by atoms with Crippen LogP contribution in [0.3, 0.4) is 0 Å². The van der Waals surface area contributed by atoms with Gasteiger partial charge in [-0.25, -0.2) is 0 Å². The van der Waals surface area contributed by atoms with E-state index in [0.717, 1.165) is 0 Å². The van der Waals surface area contributed by atoms with Crippen molar-refractivity contribution in [2.24, 2.45) is 0 Å². The van der Waals surface area contributed by atoms with Gasteiger partial charge in [-0.15, -0.1) is 0 Å². The fraction of sp³-hybridized carbons (Fsp3) is 0.0769. The van der Waals surface area contributed by atoms with Crippen molar-refractivity contribution in [1.29, 1.82) is 5.26 Å². The number of carbonyl (C=O) groups is 1. The number of nitrogens with zero attached hydrogens (tertiary/aromatic N) is 2. The second kappa shape index (κ2) is 5.06. The molecule has 1 amide bonds. The van der Waals surface area contributed by atoms with Crippen LogP contribution in [0, 0.1) is 11.3 Å². The highest BCUT2D eigenvalue weighted by atomic mass is 16.1. The zero-order valence-corrected chi connectivity index (χ0v) is 9.63. The van der Waals surface area contributed by atoms with E-state index in [-0.39, 0.29) is 12.5 Å². The molecule has 3 N–H and O–H groups in total. The molecule has 90 valence electrons. The Bertz CT molecular complexity index is 592. The quantitative estimate of drug-likeness (QED) is 0.799. The molecule has 0 aliphatic carbocycles. The number of amides is 1. The second-order valence-corrected chi connectivity index (χ2v) is 3.80. The number of nitrogen functional groups attached to an aromatic ring is 1. The van der Waals surface area contributed by atoms with E-state index in [1.54, 1.807) is 47.2 Å². The van der Waals surface area contributed by atoms with Gasteiger partial charge >= 0.3 is 0 Å². The maximum atomic E-state index is 11.8. The molecule has 1 heterocycles. The third-order valence-corrected chi connectivity index (χ3v) is 2.45. The maximum Gasteiger partial charge on any atom is 0.244 e. The summed E-state index contributed by atoms with van der Waals surface area (Å²) in [7, 11) is 0. The number of nitrogens with one attached hydrogen (secondary N) is 1. The number of benzene rings is 1. The molecule has 0 spiro atoms. The number of aromatic nitrogens is 1. The number of hydrogen-bond donors (Lipinski definition) is 2. The second-order valence-electron chi connectivity index (χ2n) is 3.80. The molecule has 5 heteroatoms. The summed E-state index contributed by atoms with van der Waals surface area (Å²) in [6, 6.07) is 12.3. The summed E-state index contributed by atoms with van der Waals surface area (Å²) in [5.41, 5.74) is 7.34. The molecule has 2 aromatic rings. The zero-order valence-electron chi connectivity index (χ0n) is 9.63. The summed E-state index contributed by atoms with van der Waals surface area (Å²) in [4.78, 5) is 11.8. The Kier molecular flexibility index (Phi) is 3.30. The molecule has 18 heavy (non-hydrogen) atoms. The third-order valence-electron chi connectivity index (χ3n) is 2.45. The van der Waals surface area contributed by atoms with Crippen LogP contribution < -0.4 is 11.1 Å². The summed E-state index contributed by atoms with van der Waals surface area (Å²) in [5, 5.41) is 11.6. The van der Waals surface area contributed by atoms with E-state index >= 15 is 0 Å². The van der Waals surface area contributed by atoms with Crippen LogP contribution in [0.1, 0.15) is 5.69 Å². The van der Waals surface area contributed by atoms with Crippen LogP contribution in [0.4, 0.5) is 11.4 Å². The van der Waals surface area contributed by atoms with Crippen LogP contribution in [-0.4, -0.2) is 10.5 Å². The maximum absolute atomic E-state index is 11.8. The number of hydrogen-bond acceptors (Lipinski definition) is 3. The Balaban J connectivity index is 2.01. The summed E-state index contributed by atoms with van der Waals surface area (Å²) >= 11 is 0. The van der Waals surface area contributed by atoms with E-state index in [1.165, 1.54) is 0 Å². The van der Waals surface area contributed by atoms with E-state index in [4.69, 9.17) is 11.0 Å². The van der Waals surface area contributed by atoms with Gasteiger partial charge < -0.3 is 15.6 Å². The largest absolute Gasteiger partial charge is 0.399 e. The van der Waals surface area contributed by atoms with E-state index < -0.39 is 0 Å². The Labute approximate surface area is 104 Å². The van der Waals surface area contributed by atoms with Gasteiger partial charge in [-0.3, -0.25) is 4.79 Å². The van der Waals surface area contributed by atoms with Gasteiger partial charge in [0.25, 0.3) is 0 Å². The molecule has 0 unspecified atom stereocenters. The van der Waals surface area contributed by atoms with Crippen LogP contribution in [0.25, 0.3) is 0 Å². The molecule has 0 atom stereocenters. The van der Waals surface area contributed by atoms with Crippen molar-refractivity contribution in [2.75, 3.05) is 11.1 Å². The van der Waals surface area contributed by atoms with Crippen molar-refractivity contribution < 1.29 is 4.79 Å². The van der Waals surface area contributed by atoms with Crippen molar-refractivity contribution in [2.45, 2.75) is 6.54 Å². The van der Waals surface area contributed by atoms with Gasteiger partial charge in [0, 0.05) is 17.6 Å². The lowest BCUT2D eigenvalue weighted by molar-refractivity contribution is -0.116. The Morgan fingerprint density at radius 2 is 2.06 bits per heavy atom. The number of anilines is 2. The van der Waals surface area contributed by atoms with Gasteiger partial charge in [0.05, 0.1) is 0 Å². The fourth-order valence-corrected chi connectivity index (χ4v) is 1.58. The van der Waals surface area contributed by atoms with Gasteiger partial charge in [0.2, 0.25) is 5.91 Å². The SMILES string of the molecule is N#Cc1cccn1CC(=O)Nc1ccc(N)cc1. The van der Waals surface area contributed by atoms with Gasteiger partial charge in [0.15, 0.2) is 0 Å². The molecule has 0 fully saturated rings. The van der Waals surface area contributed by atoms with E-state index in [2.05, 4.69) is 5.32 Å². The lowest BCUT2D eigenvalue weighted by Crippen LogP contribution is -2.19. The first kappa shape index (κ1) is 11.7. The van der Waals surface area contributed by atoms with Crippen molar-refractivity contribution >= 4 is 17.3 Å². The topological polar surface area (TPSA) is 83.8 Å². The normalized spacial score (nSPS) is 9.72. The molecule has 2 rings (SSSR count). The molecule has 1 aromatic heterocycles. The zero-order chi connectivity index (χ0) is 13.0. The average Bonchev–Trinajstić information content (AvgIpc) is 2.79. The van der Waals surface area contributed by atoms with Gasteiger partial charge in [-0.05, 0) is 36.4 Å². The van der Waals surface area contributed by atoms with Crippen molar-refractivity contribution in [3.63, 3.8) is 0 Å². The Morgan fingerprint density at radius 3 is 2.72 bits per heavy atom. The Morgan fingerprint density at radius 1 is 1.33 bits per heavy atom. The molecule has 0 aliphatic heterocycles. The highest BCUT2D eigenvalue weighted by molar-refractivity contribution is 5.90. The average molecular weight is 240 g/mol. The first-order valence-electron chi connectivity index (χ1n) is 5.39. The summed E-state index contributed by atoms with van der Waals surface area (Å²) in [5.74, 6) is -0.188. The van der Waals surface area contributed by atoms with Crippen LogP contribution in [-0.2, 0) is 11.3 Å². The number of nitrogens with two attached hydrogens (primary N) is 1. The predicted molar refractivity (Wildman–Crippen MR) is 68.6 cm³/mol. The molecular formula is C13H12N4O. The molecule has 0 saturated carbocycles. The number of rotatable bonds is 3. The molecule has 1 aromatic carbocycles. The lowest BCUT2D eigenvalue weighted by Gasteiger charge is -2.07. The summed E-state index contributed by atoms with van der Waals surface area (Å²) < 4.78 is 1.59. The first-order valence-corrected chi connectivity index (χ1v) is 5.39. The van der Waals surface area contributed by atoms with Gasteiger partial charge in [-0.2, -0.15) is 5.26 Å². The minimum absolute atomic E-state index is 0.111. The monoisotopic (exact) mass is 240 g/mol. The minimum atomic E-state index is -0.188. The molecule has 0 saturated heterocycles. The van der Waals surface area contributed by atoms with Crippen molar-refractivity contribution in [3.05, 3.63) is 48.3 Å². The van der Waals surface area contributed by atoms with Gasteiger partial charge in [0.1, 0.15) is 18.3 Å². The summed E-state index contributed by atoms with van der Waals surface area (Å²) in [6.07, 6.45) is 1.70. The smallest absolute Gasteiger partial charge is 0.244 e. The van der Waals surface area contributed by atoms with Crippen molar-refractivity contribution in [3.8, 4) is 6.07 Å². The molecule has 0 aliphatic rings.